The first kappa shape index (κ1) is 29.9. The van der Waals surface area contributed by atoms with Crippen LogP contribution >= 0.6 is 22.7 Å². The minimum absolute atomic E-state index is 0.219. The van der Waals surface area contributed by atoms with Gasteiger partial charge in [0.2, 0.25) is 0 Å². The van der Waals surface area contributed by atoms with E-state index < -0.39 is 35.3 Å². The third kappa shape index (κ3) is 10.8. The lowest BCUT2D eigenvalue weighted by Crippen LogP contribution is -2.26. The molecule has 0 spiro atoms. The Kier molecular flexibility index (Phi) is 10.3. The van der Waals surface area contributed by atoms with Crippen molar-refractivity contribution in [2.24, 2.45) is 0 Å². The number of ether oxygens (including phenoxy) is 3. The van der Waals surface area contributed by atoms with Gasteiger partial charge in [-0.15, -0.1) is 22.7 Å². The Balaban J connectivity index is 0.000000351. The molecule has 0 atom stereocenters. The molecule has 12 heteroatoms. The molecule has 194 valence electrons. The zero-order chi connectivity index (χ0) is 27.1. The summed E-state index contributed by atoms with van der Waals surface area (Å²) < 4.78 is 14.8. The summed E-state index contributed by atoms with van der Waals surface area (Å²) in [4.78, 5) is 45.9. The quantitative estimate of drug-likeness (QED) is 0.310. The van der Waals surface area contributed by atoms with E-state index in [-0.39, 0.29) is 4.88 Å². The van der Waals surface area contributed by atoms with E-state index in [0.717, 1.165) is 28.2 Å². The highest BCUT2D eigenvalue weighted by atomic mass is 32.1. The average molecular weight is 529 g/mol. The molecule has 0 fully saturated rings. The molecule has 0 aliphatic heterocycles. The highest BCUT2D eigenvalue weighted by molar-refractivity contribution is 7.18. The molecular formula is C23H32N2O8S2. The molecule has 0 radical (unpaired) electrons. The van der Waals surface area contributed by atoms with Gasteiger partial charge in [-0.25, -0.2) is 19.2 Å². The fraction of sp³-hybridized carbons (Fsp3) is 0.478. The van der Waals surface area contributed by atoms with Gasteiger partial charge < -0.3 is 19.3 Å². The van der Waals surface area contributed by atoms with Crippen molar-refractivity contribution in [3.8, 4) is 0 Å². The molecule has 35 heavy (non-hydrogen) atoms. The molecule has 2 amide bonds. The third-order valence-electron chi connectivity index (χ3n) is 3.65. The predicted molar refractivity (Wildman–Crippen MR) is 136 cm³/mol. The number of thiophene rings is 2. The van der Waals surface area contributed by atoms with E-state index >= 15 is 0 Å². The van der Waals surface area contributed by atoms with Crippen LogP contribution < -0.4 is 10.6 Å². The molecule has 0 saturated heterocycles. The predicted octanol–water partition coefficient (Wildman–Crippen LogP) is 6.29. The SMILES string of the molecule is COC(=O)c1sc(NC(=O)OC(C)(C)C)cc1C.Cc1cc(NC(=O)OC(C)(C)C)sc1C(=O)O. The lowest BCUT2D eigenvalue weighted by molar-refractivity contribution is 0.0600. The van der Waals surface area contributed by atoms with Crippen molar-refractivity contribution in [2.45, 2.75) is 66.6 Å². The van der Waals surface area contributed by atoms with Crippen molar-refractivity contribution in [3.05, 3.63) is 33.0 Å². The van der Waals surface area contributed by atoms with Gasteiger partial charge >= 0.3 is 24.1 Å². The van der Waals surface area contributed by atoms with Gasteiger partial charge in [0.25, 0.3) is 0 Å². The monoisotopic (exact) mass is 528 g/mol. The smallest absolute Gasteiger partial charge is 0.412 e. The number of aryl methyl sites for hydroxylation is 2. The van der Waals surface area contributed by atoms with E-state index in [4.69, 9.17) is 14.6 Å². The number of carboxylic acids is 1. The summed E-state index contributed by atoms with van der Waals surface area (Å²) in [6, 6.07) is 3.32. The second-order valence-electron chi connectivity index (χ2n) is 9.30. The maximum absolute atomic E-state index is 11.5. The number of anilines is 2. The van der Waals surface area contributed by atoms with Crippen LogP contribution in [0.15, 0.2) is 12.1 Å². The summed E-state index contributed by atoms with van der Waals surface area (Å²) >= 11 is 2.17. The van der Waals surface area contributed by atoms with Crippen LogP contribution in [0.3, 0.4) is 0 Å². The summed E-state index contributed by atoms with van der Waals surface area (Å²) in [6.45, 7) is 14.1. The second-order valence-corrected chi connectivity index (χ2v) is 11.4. The molecule has 3 N–H and O–H groups in total. The Labute approximate surface area is 212 Å². The molecular weight excluding hydrogens is 496 g/mol. The van der Waals surface area contributed by atoms with Crippen LogP contribution in [0.4, 0.5) is 19.6 Å². The molecule has 0 unspecified atom stereocenters. The Hall–Kier alpha value is -3.12. The summed E-state index contributed by atoms with van der Waals surface area (Å²) in [7, 11) is 1.32. The first-order valence-corrected chi connectivity index (χ1v) is 12.1. The van der Waals surface area contributed by atoms with Crippen molar-refractivity contribution in [1.29, 1.82) is 0 Å². The van der Waals surface area contributed by atoms with Crippen molar-refractivity contribution in [2.75, 3.05) is 17.7 Å². The zero-order valence-electron chi connectivity index (χ0n) is 21.3. The van der Waals surface area contributed by atoms with E-state index in [2.05, 4.69) is 15.4 Å². The van der Waals surface area contributed by atoms with Crippen LogP contribution in [-0.2, 0) is 14.2 Å². The van der Waals surface area contributed by atoms with E-state index in [9.17, 15) is 19.2 Å². The van der Waals surface area contributed by atoms with Gasteiger partial charge in [0.05, 0.1) is 17.1 Å². The van der Waals surface area contributed by atoms with Gasteiger partial charge in [-0.2, -0.15) is 0 Å². The van der Waals surface area contributed by atoms with Crippen molar-refractivity contribution in [3.63, 3.8) is 0 Å². The topological polar surface area (TPSA) is 140 Å². The fourth-order valence-corrected chi connectivity index (χ4v) is 4.28. The van der Waals surface area contributed by atoms with Gasteiger partial charge in [0.1, 0.15) is 21.0 Å². The van der Waals surface area contributed by atoms with Crippen LogP contribution in [0.1, 0.15) is 72.0 Å². The number of carboxylic acid groups (broad SMARTS) is 1. The average Bonchev–Trinajstić information content (AvgIpc) is 3.20. The minimum Gasteiger partial charge on any atom is -0.477 e. The first-order valence-electron chi connectivity index (χ1n) is 10.4. The Morgan fingerprint density at radius 1 is 0.771 bits per heavy atom. The van der Waals surface area contributed by atoms with Gasteiger partial charge in [0, 0.05) is 0 Å². The molecule has 0 aromatic carbocycles. The summed E-state index contributed by atoms with van der Waals surface area (Å²) in [5.74, 6) is -1.40. The molecule has 0 aliphatic rings. The van der Waals surface area contributed by atoms with Gasteiger partial charge in [-0.1, -0.05) is 0 Å². The van der Waals surface area contributed by atoms with Crippen LogP contribution in [0.2, 0.25) is 0 Å². The highest BCUT2D eigenvalue weighted by Gasteiger charge is 2.20. The summed E-state index contributed by atoms with van der Waals surface area (Å²) in [5, 5.41) is 15.0. The van der Waals surface area contributed by atoms with E-state index in [1.165, 1.54) is 7.11 Å². The number of esters is 1. The number of hydrogen-bond acceptors (Lipinski definition) is 9. The number of nitrogens with one attached hydrogen (secondary N) is 2. The third-order valence-corrected chi connectivity index (χ3v) is 5.92. The van der Waals surface area contributed by atoms with E-state index in [1.54, 1.807) is 67.5 Å². The van der Waals surface area contributed by atoms with Crippen molar-refractivity contribution < 1.29 is 38.5 Å². The van der Waals surface area contributed by atoms with Gasteiger partial charge in [0.15, 0.2) is 0 Å². The van der Waals surface area contributed by atoms with Crippen LogP contribution in [-0.4, -0.2) is 47.5 Å². The number of carbonyl (C=O) groups is 4. The first-order chi connectivity index (χ1) is 15.9. The number of carbonyl (C=O) groups excluding carboxylic acids is 3. The molecule has 10 nitrogen and oxygen atoms in total. The molecule has 2 heterocycles. The number of amides is 2. The number of hydrogen-bond donors (Lipinski definition) is 3. The molecule has 2 rings (SSSR count). The Morgan fingerprint density at radius 2 is 1.14 bits per heavy atom. The summed E-state index contributed by atoms with van der Waals surface area (Å²) in [5.41, 5.74) is 0.250. The fourth-order valence-electron chi connectivity index (χ4n) is 2.40. The molecule has 0 bridgehead atoms. The van der Waals surface area contributed by atoms with Crippen molar-refractivity contribution >= 4 is 56.8 Å². The van der Waals surface area contributed by atoms with Crippen molar-refractivity contribution in [1.82, 2.24) is 0 Å². The maximum Gasteiger partial charge on any atom is 0.412 e. The lowest BCUT2D eigenvalue weighted by Gasteiger charge is -2.19. The lowest BCUT2D eigenvalue weighted by atomic mass is 10.2. The Bertz CT molecular complexity index is 1070. The highest BCUT2D eigenvalue weighted by Crippen LogP contribution is 2.28. The molecule has 2 aromatic heterocycles. The molecule has 2 aromatic rings. The summed E-state index contributed by atoms with van der Waals surface area (Å²) in [6.07, 6.45) is -1.13. The van der Waals surface area contributed by atoms with Gasteiger partial charge in [-0.05, 0) is 78.6 Å². The van der Waals surface area contributed by atoms with E-state index in [1.807, 2.05) is 0 Å². The van der Waals surface area contributed by atoms with Gasteiger partial charge in [-0.3, -0.25) is 10.6 Å². The molecule has 0 saturated carbocycles. The second kappa shape index (κ2) is 12.0. The van der Waals surface area contributed by atoms with Crippen LogP contribution in [0.5, 0.6) is 0 Å². The molecule has 0 aliphatic carbocycles. The normalized spacial score (nSPS) is 11.0. The Morgan fingerprint density at radius 3 is 1.46 bits per heavy atom. The number of rotatable bonds is 4. The standard InChI is InChI=1S/C12H17NO4S.C11H15NO4S/c1-7-6-8(18-9(7)10(14)16-5)13-11(15)17-12(2,3)4;1-6-5-7(17-8(6)9(13)14)12-10(15)16-11(2,3)4/h6H,1-5H3,(H,13,15);5H,1-4H3,(H,12,15)(H,13,14). The number of aromatic carboxylic acids is 1. The zero-order valence-corrected chi connectivity index (χ0v) is 22.9. The minimum atomic E-state index is -0.996. The largest absolute Gasteiger partial charge is 0.477 e. The van der Waals surface area contributed by atoms with E-state index in [0.29, 0.717) is 20.4 Å². The van der Waals surface area contributed by atoms with Crippen LogP contribution in [0.25, 0.3) is 0 Å². The number of methoxy groups -OCH3 is 1. The maximum atomic E-state index is 11.5. The van der Waals surface area contributed by atoms with Crippen LogP contribution in [0, 0.1) is 13.8 Å².